The molecule has 0 fully saturated rings. The number of methoxy groups -OCH3 is 1. The molecule has 15 heavy (non-hydrogen) atoms. The standard InChI is InChI=1S/C14H22O/c1-6-13(15-5)11-7-9-12(10-8-11)14(2,3)4/h7-10,13H,6H2,1-5H3. The summed E-state index contributed by atoms with van der Waals surface area (Å²) in [5, 5.41) is 0. The van der Waals surface area contributed by atoms with Crippen molar-refractivity contribution < 1.29 is 4.74 Å². The van der Waals surface area contributed by atoms with Gasteiger partial charge in [-0.25, -0.2) is 0 Å². The van der Waals surface area contributed by atoms with E-state index in [9.17, 15) is 0 Å². The quantitative estimate of drug-likeness (QED) is 0.724. The van der Waals surface area contributed by atoms with Gasteiger partial charge in [-0.3, -0.25) is 0 Å². The van der Waals surface area contributed by atoms with Crippen LogP contribution in [0, 0.1) is 0 Å². The van der Waals surface area contributed by atoms with E-state index >= 15 is 0 Å². The van der Waals surface area contributed by atoms with Crippen LogP contribution in [0.15, 0.2) is 24.3 Å². The second-order valence-electron chi connectivity index (χ2n) is 5.00. The third-order valence-electron chi connectivity index (χ3n) is 2.80. The van der Waals surface area contributed by atoms with E-state index in [-0.39, 0.29) is 11.5 Å². The Kier molecular flexibility index (Phi) is 3.92. The van der Waals surface area contributed by atoms with E-state index in [1.165, 1.54) is 11.1 Å². The smallest absolute Gasteiger partial charge is 0.0818 e. The first-order valence-corrected chi connectivity index (χ1v) is 5.62. The molecule has 0 aliphatic heterocycles. The first kappa shape index (κ1) is 12.3. The molecular weight excluding hydrogens is 184 g/mol. The average molecular weight is 206 g/mol. The number of ether oxygens (including phenoxy) is 1. The van der Waals surface area contributed by atoms with E-state index < -0.39 is 0 Å². The van der Waals surface area contributed by atoms with Crippen LogP contribution in [0.3, 0.4) is 0 Å². The molecular formula is C14H22O. The van der Waals surface area contributed by atoms with Crippen LogP contribution in [-0.2, 0) is 10.2 Å². The van der Waals surface area contributed by atoms with Crippen LogP contribution in [-0.4, -0.2) is 7.11 Å². The third kappa shape index (κ3) is 3.07. The molecule has 0 amide bonds. The maximum absolute atomic E-state index is 5.41. The monoisotopic (exact) mass is 206 g/mol. The van der Waals surface area contributed by atoms with E-state index in [1.807, 2.05) is 0 Å². The molecule has 0 spiro atoms. The molecule has 0 saturated carbocycles. The van der Waals surface area contributed by atoms with E-state index in [1.54, 1.807) is 7.11 Å². The Morgan fingerprint density at radius 1 is 1.13 bits per heavy atom. The van der Waals surface area contributed by atoms with Crippen molar-refractivity contribution in [3.63, 3.8) is 0 Å². The van der Waals surface area contributed by atoms with Crippen LogP contribution in [0.5, 0.6) is 0 Å². The van der Waals surface area contributed by atoms with Crippen molar-refractivity contribution in [2.75, 3.05) is 7.11 Å². The van der Waals surface area contributed by atoms with Gasteiger partial charge in [0.15, 0.2) is 0 Å². The molecule has 0 saturated heterocycles. The number of hydrogen-bond donors (Lipinski definition) is 0. The second kappa shape index (κ2) is 4.80. The number of rotatable bonds is 3. The van der Waals surface area contributed by atoms with Gasteiger partial charge in [-0.15, -0.1) is 0 Å². The summed E-state index contributed by atoms with van der Waals surface area (Å²) in [7, 11) is 1.77. The van der Waals surface area contributed by atoms with Crippen molar-refractivity contribution in [3.8, 4) is 0 Å². The Morgan fingerprint density at radius 2 is 1.67 bits per heavy atom. The zero-order valence-corrected chi connectivity index (χ0v) is 10.5. The fraction of sp³-hybridized carbons (Fsp3) is 0.571. The molecule has 0 radical (unpaired) electrons. The third-order valence-corrected chi connectivity index (χ3v) is 2.80. The van der Waals surface area contributed by atoms with Gasteiger partial charge >= 0.3 is 0 Å². The first-order valence-electron chi connectivity index (χ1n) is 5.62. The molecule has 0 aliphatic rings. The minimum absolute atomic E-state index is 0.229. The lowest BCUT2D eigenvalue weighted by molar-refractivity contribution is 0.100. The Bertz CT molecular complexity index is 288. The van der Waals surface area contributed by atoms with Gasteiger partial charge < -0.3 is 4.74 Å². The lowest BCUT2D eigenvalue weighted by atomic mass is 9.86. The van der Waals surface area contributed by atoms with Gasteiger partial charge in [-0.05, 0) is 23.0 Å². The molecule has 1 nitrogen and oxygen atoms in total. The topological polar surface area (TPSA) is 9.23 Å². The molecule has 1 unspecified atom stereocenters. The SMILES string of the molecule is CCC(OC)c1ccc(C(C)(C)C)cc1. The van der Waals surface area contributed by atoms with Crippen LogP contribution in [0.1, 0.15) is 51.3 Å². The highest BCUT2D eigenvalue weighted by atomic mass is 16.5. The Morgan fingerprint density at radius 3 is 2.00 bits per heavy atom. The molecule has 0 aliphatic carbocycles. The zero-order chi connectivity index (χ0) is 11.5. The van der Waals surface area contributed by atoms with E-state index in [0.717, 1.165) is 6.42 Å². The minimum atomic E-state index is 0.229. The Balaban J connectivity index is 2.89. The Labute approximate surface area is 93.5 Å². The van der Waals surface area contributed by atoms with E-state index in [4.69, 9.17) is 4.74 Å². The Hall–Kier alpha value is -0.820. The minimum Gasteiger partial charge on any atom is -0.377 e. The number of hydrogen-bond acceptors (Lipinski definition) is 1. The summed E-state index contributed by atoms with van der Waals surface area (Å²) in [5.41, 5.74) is 2.87. The highest BCUT2D eigenvalue weighted by Crippen LogP contribution is 2.25. The average Bonchev–Trinajstić information content (AvgIpc) is 2.19. The van der Waals surface area contributed by atoms with Crippen LogP contribution in [0.25, 0.3) is 0 Å². The first-order chi connectivity index (χ1) is 6.99. The fourth-order valence-electron chi connectivity index (χ4n) is 1.74. The fourth-order valence-corrected chi connectivity index (χ4v) is 1.74. The molecule has 1 heteroatoms. The van der Waals surface area contributed by atoms with Gasteiger partial charge in [-0.1, -0.05) is 52.0 Å². The second-order valence-corrected chi connectivity index (χ2v) is 5.00. The predicted molar refractivity (Wildman–Crippen MR) is 65.2 cm³/mol. The van der Waals surface area contributed by atoms with Gasteiger partial charge in [0.05, 0.1) is 6.10 Å². The lowest BCUT2D eigenvalue weighted by Crippen LogP contribution is -2.11. The van der Waals surface area contributed by atoms with Crippen molar-refractivity contribution in [1.29, 1.82) is 0 Å². The summed E-state index contributed by atoms with van der Waals surface area (Å²) in [6.45, 7) is 8.84. The van der Waals surface area contributed by atoms with Gasteiger partial charge in [0.2, 0.25) is 0 Å². The summed E-state index contributed by atoms with van der Waals surface area (Å²) < 4.78 is 5.41. The summed E-state index contributed by atoms with van der Waals surface area (Å²) in [5.74, 6) is 0. The van der Waals surface area contributed by atoms with Crippen molar-refractivity contribution in [2.24, 2.45) is 0 Å². The maximum atomic E-state index is 5.41. The molecule has 1 aromatic carbocycles. The molecule has 1 rings (SSSR count). The summed E-state index contributed by atoms with van der Waals surface area (Å²) >= 11 is 0. The van der Waals surface area contributed by atoms with Crippen molar-refractivity contribution in [3.05, 3.63) is 35.4 Å². The highest BCUT2D eigenvalue weighted by molar-refractivity contribution is 5.28. The molecule has 84 valence electrons. The van der Waals surface area contributed by atoms with E-state index in [0.29, 0.717) is 0 Å². The number of benzene rings is 1. The van der Waals surface area contributed by atoms with E-state index in [2.05, 4.69) is 52.0 Å². The lowest BCUT2D eigenvalue weighted by Gasteiger charge is -2.20. The van der Waals surface area contributed by atoms with Gasteiger partial charge in [0, 0.05) is 7.11 Å². The van der Waals surface area contributed by atoms with Crippen LogP contribution in [0.2, 0.25) is 0 Å². The van der Waals surface area contributed by atoms with Gasteiger partial charge in [0.1, 0.15) is 0 Å². The van der Waals surface area contributed by atoms with Crippen LogP contribution >= 0.6 is 0 Å². The summed E-state index contributed by atoms with van der Waals surface area (Å²) in [6.07, 6.45) is 1.25. The summed E-state index contributed by atoms with van der Waals surface area (Å²) in [6, 6.07) is 8.77. The normalized spacial score (nSPS) is 13.9. The largest absolute Gasteiger partial charge is 0.377 e. The van der Waals surface area contributed by atoms with Crippen molar-refractivity contribution in [2.45, 2.75) is 45.6 Å². The predicted octanol–water partition coefficient (Wildman–Crippen LogP) is 4.08. The van der Waals surface area contributed by atoms with Gasteiger partial charge in [-0.2, -0.15) is 0 Å². The highest BCUT2D eigenvalue weighted by Gasteiger charge is 2.14. The van der Waals surface area contributed by atoms with Crippen LogP contribution in [0.4, 0.5) is 0 Å². The van der Waals surface area contributed by atoms with Crippen LogP contribution < -0.4 is 0 Å². The maximum Gasteiger partial charge on any atom is 0.0818 e. The van der Waals surface area contributed by atoms with Crippen molar-refractivity contribution in [1.82, 2.24) is 0 Å². The van der Waals surface area contributed by atoms with Crippen molar-refractivity contribution >= 4 is 0 Å². The molecule has 1 aromatic rings. The molecule has 0 aromatic heterocycles. The molecule has 0 bridgehead atoms. The zero-order valence-electron chi connectivity index (χ0n) is 10.5. The molecule has 1 atom stereocenters. The van der Waals surface area contributed by atoms with Gasteiger partial charge in [0.25, 0.3) is 0 Å². The summed E-state index contributed by atoms with van der Waals surface area (Å²) in [4.78, 5) is 0. The molecule has 0 N–H and O–H groups in total. The molecule has 0 heterocycles.